The van der Waals surface area contributed by atoms with Crippen molar-refractivity contribution in [1.29, 1.82) is 0 Å². The quantitative estimate of drug-likeness (QED) is 0.462. The number of hydrogen-bond donors (Lipinski definition) is 0. The Balaban J connectivity index is 3.25. The van der Waals surface area contributed by atoms with Crippen LogP contribution in [0.4, 0.5) is 17.6 Å². The van der Waals surface area contributed by atoms with Crippen molar-refractivity contribution in [2.24, 2.45) is 5.92 Å². The van der Waals surface area contributed by atoms with Gasteiger partial charge < -0.3 is 0 Å². The second kappa shape index (κ2) is 7.55. The summed E-state index contributed by atoms with van der Waals surface area (Å²) in [4.78, 5) is 0. The lowest BCUT2D eigenvalue weighted by Crippen LogP contribution is -2.10. The summed E-state index contributed by atoms with van der Waals surface area (Å²) in [6.45, 7) is 1.88. The largest absolute Gasteiger partial charge is 0.216 e. The number of hydrogen-bond acceptors (Lipinski definition) is 0. The number of halogens is 4. The average molecular weight is 232 g/mol. The summed E-state index contributed by atoms with van der Waals surface area (Å²) >= 11 is 0. The molecule has 0 aliphatic rings. The van der Waals surface area contributed by atoms with Crippen LogP contribution in [0.2, 0.25) is 12.1 Å². The molecule has 0 bridgehead atoms. The van der Waals surface area contributed by atoms with Gasteiger partial charge >= 0.3 is 0 Å². The molecule has 6 heteroatoms. The zero-order chi connectivity index (χ0) is 10.3. The van der Waals surface area contributed by atoms with E-state index in [0.717, 1.165) is 6.42 Å². The lowest BCUT2D eigenvalue weighted by molar-refractivity contribution is 0.235. The average Bonchev–Trinajstić information content (AvgIpc) is 2.00. The highest BCUT2D eigenvalue weighted by molar-refractivity contribution is 6.37. The summed E-state index contributed by atoms with van der Waals surface area (Å²) in [6, 6.07) is -3.04. The van der Waals surface area contributed by atoms with Crippen LogP contribution in [-0.4, -0.2) is 31.1 Å². The highest BCUT2D eigenvalue weighted by atomic mass is 28.2. The van der Waals surface area contributed by atoms with E-state index in [9.17, 15) is 17.6 Å². The van der Waals surface area contributed by atoms with Gasteiger partial charge in [0, 0.05) is 0 Å². The highest BCUT2D eigenvalue weighted by Crippen LogP contribution is 2.13. The third kappa shape index (κ3) is 10.1. The van der Waals surface area contributed by atoms with Crippen LogP contribution in [0.25, 0.3) is 0 Å². The summed E-state index contributed by atoms with van der Waals surface area (Å²) in [5.74, 6) is 0.229. The first kappa shape index (κ1) is 13.2. The van der Waals surface area contributed by atoms with Gasteiger partial charge in [0.25, 0.3) is 0 Å². The van der Waals surface area contributed by atoms with Gasteiger partial charge in [-0.2, -0.15) is 0 Å². The molecule has 0 amide bonds. The van der Waals surface area contributed by atoms with Crippen molar-refractivity contribution in [2.45, 2.75) is 37.5 Å². The Morgan fingerprint density at radius 2 is 1.54 bits per heavy atom. The van der Waals surface area contributed by atoms with Crippen LogP contribution in [0.15, 0.2) is 0 Å². The second-order valence-corrected chi connectivity index (χ2v) is 7.07. The molecular weight excluding hydrogens is 216 g/mol. The van der Waals surface area contributed by atoms with Crippen molar-refractivity contribution in [3.8, 4) is 0 Å². The molecule has 0 aliphatic carbocycles. The van der Waals surface area contributed by atoms with Gasteiger partial charge in [0.2, 0.25) is 12.1 Å². The minimum Gasteiger partial charge on any atom is -0.216 e. The minimum atomic E-state index is -2.12. The Kier molecular flexibility index (Phi) is 7.64. The molecule has 0 saturated carbocycles. The fraction of sp³-hybridized carbons (Fsp3) is 1.00. The molecule has 0 fully saturated rings. The van der Waals surface area contributed by atoms with Gasteiger partial charge in [0.05, 0.1) is 0 Å². The van der Waals surface area contributed by atoms with Crippen LogP contribution in [0.1, 0.15) is 13.3 Å². The molecule has 0 aliphatic heterocycles. The van der Waals surface area contributed by atoms with E-state index >= 15 is 0 Å². The third-order valence-corrected chi connectivity index (χ3v) is 5.01. The van der Waals surface area contributed by atoms with Crippen LogP contribution < -0.4 is 0 Å². The van der Waals surface area contributed by atoms with E-state index in [4.69, 9.17) is 0 Å². The Morgan fingerprint density at radius 1 is 1.00 bits per heavy atom. The first-order chi connectivity index (χ1) is 6.02. The summed E-state index contributed by atoms with van der Waals surface area (Å²) in [7, 11) is -2.49. The maximum atomic E-state index is 11.8. The molecule has 13 heavy (non-hydrogen) atoms. The summed E-state index contributed by atoms with van der Waals surface area (Å²) in [5.41, 5.74) is 0. The van der Waals surface area contributed by atoms with Gasteiger partial charge in [-0.25, -0.2) is 17.6 Å². The monoisotopic (exact) mass is 232 g/mol. The predicted octanol–water partition coefficient (Wildman–Crippen LogP) is 1.63. The molecule has 1 unspecified atom stereocenters. The fourth-order valence-corrected chi connectivity index (χ4v) is 3.53. The van der Waals surface area contributed by atoms with E-state index in [1.807, 2.05) is 6.92 Å². The fourth-order valence-electron chi connectivity index (χ4n) is 1.18. The molecule has 0 aromatic heterocycles. The van der Waals surface area contributed by atoms with Gasteiger partial charge in [-0.15, -0.1) is 0 Å². The molecule has 0 nitrogen and oxygen atoms in total. The van der Waals surface area contributed by atoms with Gasteiger partial charge in [-0.1, -0.05) is 25.4 Å². The maximum Gasteiger partial charge on any atom is 0.214 e. The normalized spacial score (nSPS) is 15.9. The Morgan fingerprint density at radius 3 is 2.00 bits per heavy atom. The van der Waals surface area contributed by atoms with E-state index in [1.54, 1.807) is 0 Å². The van der Waals surface area contributed by atoms with Crippen molar-refractivity contribution >= 4 is 19.0 Å². The highest BCUT2D eigenvalue weighted by Gasteiger charge is 2.10. The smallest absolute Gasteiger partial charge is 0.214 e. The number of rotatable bonds is 7. The van der Waals surface area contributed by atoms with Crippen LogP contribution in [0.5, 0.6) is 0 Å². The molecule has 0 spiro atoms. The van der Waals surface area contributed by atoms with E-state index in [1.165, 1.54) is 0 Å². The zero-order valence-electron chi connectivity index (χ0n) is 7.78. The Labute approximate surface area is 80.7 Å². The van der Waals surface area contributed by atoms with Crippen LogP contribution in [-0.2, 0) is 0 Å². The SMILES string of the molecule is CC(CC[SiH2]C(F)F)C[SiH2]C(F)F. The molecule has 0 heterocycles. The molecule has 80 valence electrons. The van der Waals surface area contributed by atoms with Crippen molar-refractivity contribution in [1.82, 2.24) is 0 Å². The number of alkyl halides is 4. The van der Waals surface area contributed by atoms with Gasteiger partial charge in [-0.3, -0.25) is 0 Å². The van der Waals surface area contributed by atoms with Crippen molar-refractivity contribution in [3.05, 3.63) is 0 Å². The third-order valence-electron chi connectivity index (χ3n) is 2.00. The lowest BCUT2D eigenvalue weighted by Gasteiger charge is -2.09. The van der Waals surface area contributed by atoms with E-state index in [2.05, 4.69) is 0 Å². The molecule has 0 N–H and O–H groups in total. The lowest BCUT2D eigenvalue weighted by atomic mass is 10.2. The van der Waals surface area contributed by atoms with Crippen LogP contribution >= 0.6 is 0 Å². The first-order valence-electron chi connectivity index (χ1n) is 4.58. The predicted molar refractivity (Wildman–Crippen MR) is 52.5 cm³/mol. The standard InChI is InChI=1S/C7H16F4Si2/c1-5(4-13-7(10)11)2-3-12-6(8)9/h5-7H,2-4,12-13H2,1H3. The molecule has 0 rings (SSSR count). The second-order valence-electron chi connectivity index (χ2n) is 3.40. The summed E-state index contributed by atoms with van der Waals surface area (Å²) in [5, 5.41) is 0. The van der Waals surface area contributed by atoms with E-state index < -0.39 is 31.1 Å². The molecule has 1 atom stereocenters. The van der Waals surface area contributed by atoms with Crippen LogP contribution in [0, 0.1) is 5.92 Å². The minimum absolute atomic E-state index is 0.229. The molecular formula is C7H16F4Si2. The zero-order valence-corrected chi connectivity index (χ0v) is 10.6. The van der Waals surface area contributed by atoms with E-state index in [-0.39, 0.29) is 5.92 Å². The Hall–Kier alpha value is 0.154. The van der Waals surface area contributed by atoms with Gasteiger partial charge in [0.15, 0.2) is 0 Å². The molecule has 0 aromatic carbocycles. The topological polar surface area (TPSA) is 0 Å². The van der Waals surface area contributed by atoms with Crippen molar-refractivity contribution in [2.75, 3.05) is 0 Å². The first-order valence-corrected chi connectivity index (χ1v) is 8.22. The molecule has 0 saturated heterocycles. The van der Waals surface area contributed by atoms with Crippen molar-refractivity contribution < 1.29 is 17.6 Å². The van der Waals surface area contributed by atoms with Gasteiger partial charge in [0.1, 0.15) is 19.0 Å². The van der Waals surface area contributed by atoms with Crippen LogP contribution in [0.3, 0.4) is 0 Å². The van der Waals surface area contributed by atoms with Gasteiger partial charge in [-0.05, 0) is 5.92 Å². The summed E-state index contributed by atoms with van der Waals surface area (Å²) < 4.78 is 47.1. The van der Waals surface area contributed by atoms with Crippen molar-refractivity contribution in [3.63, 3.8) is 0 Å². The Bertz CT molecular complexity index is 121. The maximum absolute atomic E-state index is 11.8. The summed E-state index contributed by atoms with van der Waals surface area (Å²) in [6.07, 6.45) is 0.719. The van der Waals surface area contributed by atoms with E-state index in [0.29, 0.717) is 12.1 Å². The molecule has 0 aromatic rings. The molecule has 0 radical (unpaired) electrons.